The van der Waals surface area contributed by atoms with E-state index in [1.807, 2.05) is 4.72 Å². The molecule has 1 aliphatic carbocycles. The average Bonchev–Trinajstić information content (AvgIpc) is 3.71. The van der Waals surface area contributed by atoms with Crippen molar-refractivity contribution < 1.29 is 30.0 Å². The first-order chi connectivity index (χ1) is 22.4. The number of sulfonamides is 1. The molecule has 1 spiro atoms. The summed E-state index contributed by atoms with van der Waals surface area (Å²) in [5, 5.41) is 4.01. The van der Waals surface area contributed by atoms with Crippen LogP contribution in [0.1, 0.15) is 38.5 Å². The molecule has 8 rings (SSSR count). The maximum absolute atomic E-state index is 16.3. The Bertz CT molecular complexity index is 2090. The predicted octanol–water partition coefficient (Wildman–Crippen LogP) is 5.61. The molecule has 0 radical (unpaired) electrons. The third-order valence-electron chi connectivity index (χ3n) is 9.61. The Labute approximate surface area is 273 Å². The lowest BCUT2D eigenvalue weighted by Gasteiger charge is -2.53. The first kappa shape index (κ1) is 30.6. The number of fused-ring (bicyclic) bond motifs is 2. The van der Waals surface area contributed by atoms with Crippen molar-refractivity contribution in [1.82, 2.24) is 15.0 Å². The Morgan fingerprint density at radius 2 is 1.57 bits per heavy atom. The van der Waals surface area contributed by atoms with Gasteiger partial charge >= 0.3 is 0 Å². The molecule has 0 atom stereocenters. The molecule has 4 aliphatic rings. The fraction of sp³-hybridized carbons (Fsp3) is 0.387. The van der Waals surface area contributed by atoms with E-state index in [1.54, 1.807) is 12.3 Å². The Morgan fingerprint density at radius 3 is 2.23 bits per heavy atom. The summed E-state index contributed by atoms with van der Waals surface area (Å²) in [6.45, 7) is 0. The summed E-state index contributed by atoms with van der Waals surface area (Å²) in [5.41, 5.74) is 0.0634. The SMILES string of the molecule is O=S1(=O)CC2(CC(Nc3nccc(-c4sc(N5C6CCC5CC6)nc4-c4cccc(NS(=O)(=O)c5c(F)cccc5F)c4F)n3)C2)C1. The second-order valence-electron chi connectivity index (χ2n) is 12.9. The molecule has 10 nitrogen and oxygen atoms in total. The standard InChI is InChI=1S/C31H29F3N6O4S3/c32-21-4-2-5-22(33)28(21)47(43,44)39-23-6-1-3-20(25(23)34)26-27(45-30(38-26)40-18-7-8-19(40)10-9-18)24-11-12-35-29(37-24)36-17-13-31(14-17)15-46(41,42)16-31/h1-6,11-12,17-19,39H,7-10,13-16H2,(H,35,36,37). The number of thiazole rings is 1. The van der Waals surface area contributed by atoms with Crippen molar-refractivity contribution >= 4 is 48.0 Å². The van der Waals surface area contributed by atoms with Crippen LogP contribution in [0.3, 0.4) is 0 Å². The van der Waals surface area contributed by atoms with E-state index in [4.69, 9.17) is 9.97 Å². The van der Waals surface area contributed by atoms with Crippen molar-refractivity contribution in [3.63, 3.8) is 0 Å². The highest BCUT2D eigenvalue weighted by molar-refractivity contribution is 7.93. The zero-order chi connectivity index (χ0) is 32.7. The number of benzene rings is 2. The molecule has 47 heavy (non-hydrogen) atoms. The molecule has 0 amide bonds. The van der Waals surface area contributed by atoms with Crippen LogP contribution in [0.5, 0.6) is 0 Å². The summed E-state index contributed by atoms with van der Waals surface area (Å²) < 4.78 is 96.5. The van der Waals surface area contributed by atoms with Crippen LogP contribution in [0, 0.1) is 22.9 Å². The van der Waals surface area contributed by atoms with Crippen LogP contribution in [0.15, 0.2) is 53.6 Å². The van der Waals surface area contributed by atoms with E-state index < -0.39 is 47.9 Å². The molecule has 4 aromatic rings. The van der Waals surface area contributed by atoms with Gasteiger partial charge in [0.25, 0.3) is 10.0 Å². The predicted molar refractivity (Wildman–Crippen MR) is 172 cm³/mol. The zero-order valence-corrected chi connectivity index (χ0v) is 27.2. The Hall–Kier alpha value is -3.76. The summed E-state index contributed by atoms with van der Waals surface area (Å²) in [6.07, 6.45) is 7.16. The van der Waals surface area contributed by atoms with Crippen LogP contribution in [0.2, 0.25) is 0 Å². The van der Waals surface area contributed by atoms with E-state index in [9.17, 15) is 25.6 Å². The lowest BCUT2D eigenvalue weighted by molar-refractivity contribution is 0.153. The number of rotatable bonds is 8. The Morgan fingerprint density at radius 1 is 0.915 bits per heavy atom. The van der Waals surface area contributed by atoms with Gasteiger partial charge in [-0.15, -0.1) is 0 Å². The van der Waals surface area contributed by atoms with Gasteiger partial charge in [-0.2, -0.15) is 0 Å². The average molecular weight is 703 g/mol. The van der Waals surface area contributed by atoms with Crippen molar-refractivity contribution in [2.75, 3.05) is 26.4 Å². The molecule has 1 saturated carbocycles. The number of anilines is 3. The van der Waals surface area contributed by atoms with Crippen molar-refractivity contribution in [3.8, 4) is 21.8 Å². The van der Waals surface area contributed by atoms with Gasteiger partial charge in [0.15, 0.2) is 25.7 Å². The fourth-order valence-corrected chi connectivity index (χ4v) is 12.3. The van der Waals surface area contributed by atoms with Gasteiger partial charge in [-0.05, 0) is 68.9 Å². The summed E-state index contributed by atoms with van der Waals surface area (Å²) in [7, 11) is -7.76. The Balaban J connectivity index is 1.14. The minimum Gasteiger partial charge on any atom is -0.351 e. The lowest BCUT2D eigenvalue weighted by atomic mass is 9.67. The number of sulfone groups is 1. The third-order valence-corrected chi connectivity index (χ3v) is 14.2. The number of hydrogen-bond donors (Lipinski definition) is 2. The van der Waals surface area contributed by atoms with Gasteiger partial charge in [0.2, 0.25) is 5.95 Å². The number of aromatic nitrogens is 3. The second kappa shape index (κ2) is 10.9. The smallest absolute Gasteiger partial charge is 0.267 e. The largest absolute Gasteiger partial charge is 0.351 e. The Kier molecular flexibility index (Phi) is 7.08. The minimum atomic E-state index is -4.83. The molecule has 2 aromatic carbocycles. The highest BCUT2D eigenvalue weighted by Gasteiger charge is 2.56. The summed E-state index contributed by atoms with van der Waals surface area (Å²) in [4.78, 5) is 15.6. The number of halogens is 3. The van der Waals surface area contributed by atoms with E-state index in [1.165, 1.54) is 29.5 Å². The number of hydrogen-bond acceptors (Lipinski definition) is 10. The van der Waals surface area contributed by atoms with E-state index in [0.29, 0.717) is 46.6 Å². The molecule has 4 fully saturated rings. The molecule has 3 aliphatic heterocycles. The van der Waals surface area contributed by atoms with Gasteiger partial charge < -0.3 is 10.2 Å². The molecule has 5 heterocycles. The van der Waals surface area contributed by atoms with Gasteiger partial charge in [-0.1, -0.05) is 23.5 Å². The summed E-state index contributed by atoms with van der Waals surface area (Å²) >= 11 is 1.37. The molecule has 2 aromatic heterocycles. The molecular weight excluding hydrogens is 674 g/mol. The quantitative estimate of drug-likeness (QED) is 0.241. The van der Waals surface area contributed by atoms with Gasteiger partial charge in [0, 0.05) is 35.3 Å². The van der Waals surface area contributed by atoms with Crippen molar-refractivity contribution in [2.45, 2.75) is 61.5 Å². The lowest BCUT2D eigenvalue weighted by Crippen LogP contribution is -2.60. The molecule has 2 bridgehead atoms. The maximum atomic E-state index is 16.3. The topological polar surface area (TPSA) is 134 Å². The second-order valence-corrected chi connectivity index (χ2v) is 17.6. The van der Waals surface area contributed by atoms with Crippen molar-refractivity contribution in [1.29, 1.82) is 0 Å². The highest BCUT2D eigenvalue weighted by atomic mass is 32.2. The normalized spacial score (nSPS) is 22.7. The van der Waals surface area contributed by atoms with Crippen LogP contribution in [-0.2, 0) is 19.9 Å². The molecule has 2 N–H and O–H groups in total. The van der Waals surface area contributed by atoms with E-state index in [-0.39, 0.29) is 34.2 Å². The maximum Gasteiger partial charge on any atom is 0.267 e. The van der Waals surface area contributed by atoms with Crippen molar-refractivity contribution in [3.05, 3.63) is 66.1 Å². The van der Waals surface area contributed by atoms with Gasteiger partial charge in [-0.25, -0.2) is 45.0 Å². The van der Waals surface area contributed by atoms with Crippen LogP contribution < -0.4 is 14.9 Å². The summed E-state index contributed by atoms with van der Waals surface area (Å²) in [5.74, 6) is -2.80. The monoisotopic (exact) mass is 702 g/mol. The van der Waals surface area contributed by atoms with Crippen LogP contribution in [-0.4, -0.2) is 61.4 Å². The van der Waals surface area contributed by atoms with Gasteiger partial charge in [0.1, 0.15) is 11.6 Å². The first-order valence-corrected chi connectivity index (χ1v) is 19.4. The van der Waals surface area contributed by atoms with Crippen LogP contribution in [0.25, 0.3) is 21.8 Å². The molecule has 0 unspecified atom stereocenters. The number of nitrogens with zero attached hydrogens (tertiary/aromatic N) is 4. The van der Waals surface area contributed by atoms with Gasteiger partial charge in [0.05, 0.1) is 33.5 Å². The first-order valence-electron chi connectivity index (χ1n) is 15.3. The summed E-state index contributed by atoms with van der Waals surface area (Å²) in [6, 6.07) is 9.12. The zero-order valence-electron chi connectivity index (χ0n) is 24.8. The van der Waals surface area contributed by atoms with E-state index >= 15 is 4.39 Å². The minimum absolute atomic E-state index is 0.0106. The van der Waals surface area contributed by atoms with Crippen molar-refractivity contribution in [2.24, 2.45) is 5.41 Å². The number of nitrogens with one attached hydrogen (secondary N) is 2. The molecule has 246 valence electrons. The highest BCUT2D eigenvalue weighted by Crippen LogP contribution is 2.51. The molecule has 3 saturated heterocycles. The fourth-order valence-electron chi connectivity index (χ4n) is 7.68. The van der Waals surface area contributed by atoms with E-state index in [2.05, 4.69) is 15.2 Å². The molecular formula is C31H29F3N6O4S3. The van der Waals surface area contributed by atoms with Gasteiger partial charge in [-0.3, -0.25) is 4.72 Å². The van der Waals surface area contributed by atoms with Crippen LogP contribution >= 0.6 is 11.3 Å². The van der Waals surface area contributed by atoms with Crippen LogP contribution in [0.4, 0.5) is 29.9 Å². The van der Waals surface area contributed by atoms with E-state index in [0.717, 1.165) is 43.9 Å². The third kappa shape index (κ3) is 5.33. The molecule has 16 heteroatoms.